The lowest BCUT2D eigenvalue weighted by atomic mass is 9.97. The van der Waals surface area contributed by atoms with Crippen molar-refractivity contribution in [2.24, 2.45) is 11.1 Å². The average molecular weight is 234 g/mol. The van der Waals surface area contributed by atoms with Crippen LogP contribution >= 0.6 is 0 Å². The topological polar surface area (TPSA) is 52.3 Å². The van der Waals surface area contributed by atoms with Crippen LogP contribution in [0.5, 0.6) is 0 Å². The molecule has 0 aromatic heterocycles. The van der Waals surface area contributed by atoms with E-state index in [9.17, 15) is 4.79 Å². The van der Waals surface area contributed by atoms with Crippen LogP contribution in [0.2, 0.25) is 0 Å². The van der Waals surface area contributed by atoms with Crippen LogP contribution in [-0.4, -0.2) is 12.2 Å². The maximum atomic E-state index is 11.6. The first-order valence-corrected chi connectivity index (χ1v) is 5.73. The summed E-state index contributed by atoms with van der Waals surface area (Å²) in [5.41, 5.74) is 6.35. The van der Waals surface area contributed by atoms with Gasteiger partial charge in [-0.15, -0.1) is 0 Å². The van der Waals surface area contributed by atoms with E-state index < -0.39 is 11.6 Å². The molecule has 1 unspecified atom stereocenters. The molecule has 0 spiro atoms. The summed E-state index contributed by atoms with van der Waals surface area (Å²) in [4.78, 5) is 11.6. The number of rotatable bonds is 4. The Labute approximate surface area is 103 Å². The second-order valence-corrected chi connectivity index (χ2v) is 5.05. The molecule has 1 rings (SSSR count). The lowest BCUT2D eigenvalue weighted by Gasteiger charge is -2.20. The number of carbonyl (C=O) groups excluding carboxylic acids is 1. The van der Waals surface area contributed by atoms with Gasteiger partial charge in [-0.25, -0.2) is 0 Å². The minimum Gasteiger partial charge on any atom is -0.446 e. The molecular weight excluding hydrogens is 214 g/mol. The zero-order valence-corrected chi connectivity index (χ0v) is 10.6. The molecule has 3 nitrogen and oxygen atoms in total. The Balaban J connectivity index is 2.36. The van der Waals surface area contributed by atoms with Crippen LogP contribution < -0.4 is 5.73 Å². The van der Waals surface area contributed by atoms with Crippen LogP contribution in [0.1, 0.15) is 26.3 Å². The zero-order chi connectivity index (χ0) is 12.9. The normalized spacial score (nSPS) is 13.2. The van der Waals surface area contributed by atoms with Crippen molar-refractivity contribution in [2.45, 2.75) is 33.4 Å². The SMILES string of the molecule is CC(C)(C)C(=O)OC(N)[CH]Cc1ccccc1. The van der Waals surface area contributed by atoms with E-state index in [4.69, 9.17) is 10.5 Å². The summed E-state index contributed by atoms with van der Waals surface area (Å²) in [6.07, 6.45) is 1.83. The van der Waals surface area contributed by atoms with Gasteiger partial charge in [0.05, 0.1) is 5.41 Å². The highest BCUT2D eigenvalue weighted by Crippen LogP contribution is 2.16. The molecule has 0 saturated heterocycles. The maximum Gasteiger partial charge on any atom is 0.312 e. The summed E-state index contributed by atoms with van der Waals surface area (Å²) in [5, 5.41) is 0. The van der Waals surface area contributed by atoms with E-state index in [1.807, 2.05) is 30.3 Å². The lowest BCUT2D eigenvalue weighted by Crippen LogP contribution is -2.34. The molecule has 0 aliphatic rings. The van der Waals surface area contributed by atoms with Crippen LogP contribution in [-0.2, 0) is 16.0 Å². The Kier molecular flexibility index (Phi) is 4.70. The monoisotopic (exact) mass is 234 g/mol. The summed E-state index contributed by atoms with van der Waals surface area (Å²) in [6, 6.07) is 9.92. The molecule has 3 heteroatoms. The Morgan fingerprint density at radius 1 is 1.35 bits per heavy atom. The number of esters is 1. The van der Waals surface area contributed by atoms with E-state index in [1.54, 1.807) is 27.2 Å². The molecular formula is C14H20NO2. The van der Waals surface area contributed by atoms with Gasteiger partial charge in [0, 0.05) is 6.42 Å². The zero-order valence-electron chi connectivity index (χ0n) is 10.6. The highest BCUT2D eigenvalue weighted by atomic mass is 16.6. The summed E-state index contributed by atoms with van der Waals surface area (Å²) in [6.45, 7) is 5.41. The molecule has 0 saturated carbocycles. The van der Waals surface area contributed by atoms with Gasteiger partial charge in [-0.1, -0.05) is 30.3 Å². The molecule has 0 aliphatic heterocycles. The van der Waals surface area contributed by atoms with Crippen LogP contribution in [0.25, 0.3) is 0 Å². The molecule has 0 fully saturated rings. The fourth-order valence-corrected chi connectivity index (χ4v) is 1.21. The Morgan fingerprint density at radius 2 is 1.94 bits per heavy atom. The van der Waals surface area contributed by atoms with Gasteiger partial charge in [-0.3, -0.25) is 10.5 Å². The van der Waals surface area contributed by atoms with Gasteiger partial charge in [0.15, 0.2) is 6.23 Å². The Hall–Kier alpha value is -1.35. The van der Waals surface area contributed by atoms with Crippen molar-refractivity contribution in [1.82, 2.24) is 0 Å². The highest BCUT2D eigenvalue weighted by molar-refractivity contribution is 5.75. The molecule has 1 aromatic carbocycles. The number of hydrogen-bond acceptors (Lipinski definition) is 3. The quantitative estimate of drug-likeness (QED) is 0.642. The minimum absolute atomic E-state index is 0.283. The van der Waals surface area contributed by atoms with Crippen LogP contribution in [0.3, 0.4) is 0 Å². The predicted octanol–water partition coefficient (Wildman–Crippen LogP) is 2.31. The molecule has 0 aliphatic carbocycles. The smallest absolute Gasteiger partial charge is 0.312 e. The van der Waals surface area contributed by atoms with Crippen LogP contribution in [0, 0.1) is 11.8 Å². The maximum absolute atomic E-state index is 11.6. The van der Waals surface area contributed by atoms with Crippen LogP contribution in [0.15, 0.2) is 30.3 Å². The van der Waals surface area contributed by atoms with Gasteiger partial charge < -0.3 is 4.74 Å². The van der Waals surface area contributed by atoms with Crippen molar-refractivity contribution in [1.29, 1.82) is 0 Å². The molecule has 17 heavy (non-hydrogen) atoms. The summed E-state index contributed by atoms with van der Waals surface area (Å²) in [7, 11) is 0. The van der Waals surface area contributed by atoms with Crippen molar-refractivity contribution < 1.29 is 9.53 Å². The second kappa shape index (κ2) is 5.82. The first kappa shape index (κ1) is 13.7. The fourth-order valence-electron chi connectivity index (χ4n) is 1.21. The third-order valence-corrected chi connectivity index (χ3v) is 2.28. The molecule has 1 atom stereocenters. The van der Waals surface area contributed by atoms with Gasteiger partial charge in [-0.05, 0) is 32.8 Å². The van der Waals surface area contributed by atoms with E-state index >= 15 is 0 Å². The van der Waals surface area contributed by atoms with E-state index in [2.05, 4.69) is 0 Å². The number of carbonyl (C=O) groups is 1. The van der Waals surface area contributed by atoms with Gasteiger partial charge >= 0.3 is 5.97 Å². The second-order valence-electron chi connectivity index (χ2n) is 5.05. The molecule has 0 bridgehead atoms. The van der Waals surface area contributed by atoms with Crippen molar-refractivity contribution in [3.8, 4) is 0 Å². The van der Waals surface area contributed by atoms with E-state index in [0.29, 0.717) is 6.42 Å². The lowest BCUT2D eigenvalue weighted by molar-refractivity contribution is -0.156. The van der Waals surface area contributed by atoms with E-state index in [1.165, 1.54) is 0 Å². The van der Waals surface area contributed by atoms with E-state index in [0.717, 1.165) is 5.56 Å². The van der Waals surface area contributed by atoms with Gasteiger partial charge in [0.1, 0.15) is 0 Å². The summed E-state index contributed by atoms with van der Waals surface area (Å²) >= 11 is 0. The first-order chi connectivity index (χ1) is 7.89. The molecule has 0 heterocycles. The van der Waals surface area contributed by atoms with Crippen molar-refractivity contribution in [3.63, 3.8) is 0 Å². The Bertz CT molecular complexity index is 354. The summed E-state index contributed by atoms with van der Waals surface area (Å²) in [5.74, 6) is -0.283. The fraction of sp³-hybridized carbons (Fsp3) is 0.429. The summed E-state index contributed by atoms with van der Waals surface area (Å²) < 4.78 is 5.12. The number of benzene rings is 1. The van der Waals surface area contributed by atoms with Gasteiger partial charge in [-0.2, -0.15) is 0 Å². The van der Waals surface area contributed by atoms with Gasteiger partial charge in [0.2, 0.25) is 0 Å². The number of hydrogen-bond donors (Lipinski definition) is 1. The minimum atomic E-state index is -0.651. The standard InChI is InChI=1S/C14H20NO2/c1-14(2,3)13(16)17-12(15)10-9-11-7-5-4-6-8-11/h4-8,10,12H,9,15H2,1-3H3. The van der Waals surface area contributed by atoms with Crippen LogP contribution in [0.4, 0.5) is 0 Å². The van der Waals surface area contributed by atoms with Crippen molar-refractivity contribution in [2.75, 3.05) is 0 Å². The number of ether oxygens (including phenoxy) is 1. The van der Waals surface area contributed by atoms with Gasteiger partial charge in [0.25, 0.3) is 0 Å². The van der Waals surface area contributed by atoms with Crippen molar-refractivity contribution >= 4 is 5.97 Å². The molecule has 2 N–H and O–H groups in total. The highest BCUT2D eigenvalue weighted by Gasteiger charge is 2.24. The molecule has 1 aromatic rings. The third-order valence-electron chi connectivity index (χ3n) is 2.28. The predicted molar refractivity (Wildman–Crippen MR) is 68.0 cm³/mol. The molecule has 0 amide bonds. The van der Waals surface area contributed by atoms with Crippen molar-refractivity contribution in [3.05, 3.63) is 42.3 Å². The molecule has 1 radical (unpaired) electrons. The van der Waals surface area contributed by atoms with E-state index in [-0.39, 0.29) is 5.97 Å². The first-order valence-electron chi connectivity index (χ1n) is 5.73. The average Bonchev–Trinajstić information content (AvgIpc) is 2.26. The Morgan fingerprint density at radius 3 is 2.47 bits per heavy atom. The number of nitrogens with two attached hydrogens (primary N) is 1. The third kappa shape index (κ3) is 5.00. The molecule has 93 valence electrons. The largest absolute Gasteiger partial charge is 0.446 e.